The molecule has 1 saturated heterocycles. The van der Waals surface area contributed by atoms with Gasteiger partial charge in [-0.3, -0.25) is 9.59 Å². The van der Waals surface area contributed by atoms with Gasteiger partial charge in [-0.15, -0.1) is 0 Å². The zero-order valence-electron chi connectivity index (χ0n) is 10.7. The van der Waals surface area contributed by atoms with Crippen LogP contribution in [-0.2, 0) is 9.59 Å². The lowest BCUT2D eigenvalue weighted by molar-refractivity contribution is -0.126. The van der Waals surface area contributed by atoms with Crippen LogP contribution in [-0.4, -0.2) is 23.9 Å². The molecule has 17 heavy (non-hydrogen) atoms. The molecule has 1 saturated carbocycles. The highest BCUT2D eigenvalue weighted by molar-refractivity contribution is 5.90. The molecule has 1 heterocycles. The summed E-state index contributed by atoms with van der Waals surface area (Å²) >= 11 is 0. The Morgan fingerprint density at radius 2 is 2.06 bits per heavy atom. The van der Waals surface area contributed by atoms with Crippen molar-refractivity contribution in [1.29, 1.82) is 0 Å². The van der Waals surface area contributed by atoms with Crippen molar-refractivity contribution in [2.24, 2.45) is 11.8 Å². The number of hydrogen-bond donors (Lipinski definition) is 2. The zero-order valence-corrected chi connectivity index (χ0v) is 10.7. The van der Waals surface area contributed by atoms with Gasteiger partial charge in [0.2, 0.25) is 11.8 Å². The summed E-state index contributed by atoms with van der Waals surface area (Å²) in [7, 11) is 0. The van der Waals surface area contributed by atoms with Crippen LogP contribution in [0.2, 0.25) is 0 Å². The Kier molecular flexibility index (Phi) is 3.69. The molecular formula is C13H22N2O2. The van der Waals surface area contributed by atoms with Crippen molar-refractivity contribution in [3.63, 3.8) is 0 Å². The third-order valence-corrected chi connectivity index (χ3v) is 4.35. The minimum absolute atomic E-state index is 0.00167. The zero-order chi connectivity index (χ0) is 12.4. The van der Waals surface area contributed by atoms with Crippen LogP contribution in [0.25, 0.3) is 0 Å². The van der Waals surface area contributed by atoms with Gasteiger partial charge in [-0.1, -0.05) is 26.7 Å². The van der Waals surface area contributed by atoms with Gasteiger partial charge in [0.05, 0.1) is 0 Å². The molecule has 0 aromatic carbocycles. The van der Waals surface area contributed by atoms with Gasteiger partial charge in [0, 0.05) is 12.5 Å². The summed E-state index contributed by atoms with van der Waals surface area (Å²) in [4.78, 5) is 23.1. The third-order valence-electron chi connectivity index (χ3n) is 4.35. The minimum atomic E-state index is -0.299. The van der Waals surface area contributed by atoms with E-state index in [0.717, 1.165) is 6.42 Å². The molecule has 96 valence electrons. The van der Waals surface area contributed by atoms with Gasteiger partial charge in [-0.2, -0.15) is 0 Å². The van der Waals surface area contributed by atoms with Gasteiger partial charge >= 0.3 is 0 Å². The molecule has 4 nitrogen and oxygen atoms in total. The van der Waals surface area contributed by atoms with E-state index < -0.39 is 0 Å². The Bertz CT molecular complexity index is 317. The minimum Gasteiger partial charge on any atom is -0.351 e. The standard InChI is InChI=1S/C13H22N2O2/c1-8-4-3-5-10(9(8)2)15-13(17)11-6-7-12(16)14-11/h8-11H,3-7H2,1-2H3,(H,14,16)(H,15,17)/t8-,9+,10+,11-/m1/s1. The van der Waals surface area contributed by atoms with Gasteiger partial charge in [-0.25, -0.2) is 0 Å². The lowest BCUT2D eigenvalue weighted by atomic mass is 9.78. The fourth-order valence-corrected chi connectivity index (χ4v) is 2.88. The first kappa shape index (κ1) is 12.4. The summed E-state index contributed by atoms with van der Waals surface area (Å²) in [5.74, 6) is 1.20. The van der Waals surface area contributed by atoms with Crippen molar-refractivity contribution in [2.45, 2.75) is 58.0 Å². The summed E-state index contributed by atoms with van der Waals surface area (Å²) in [5, 5.41) is 5.83. The predicted octanol–water partition coefficient (Wildman–Crippen LogP) is 1.21. The Hall–Kier alpha value is -1.06. The average Bonchev–Trinajstić information content (AvgIpc) is 2.72. The normalized spacial score (nSPS) is 37.6. The molecule has 0 aromatic rings. The highest BCUT2D eigenvalue weighted by atomic mass is 16.2. The van der Waals surface area contributed by atoms with Crippen LogP contribution in [0.4, 0.5) is 0 Å². The van der Waals surface area contributed by atoms with Crippen molar-refractivity contribution in [1.82, 2.24) is 10.6 Å². The monoisotopic (exact) mass is 238 g/mol. The van der Waals surface area contributed by atoms with E-state index >= 15 is 0 Å². The first-order valence-corrected chi connectivity index (χ1v) is 6.67. The fourth-order valence-electron chi connectivity index (χ4n) is 2.88. The maximum atomic E-state index is 12.0. The van der Waals surface area contributed by atoms with Gasteiger partial charge in [0.25, 0.3) is 0 Å². The van der Waals surface area contributed by atoms with Crippen molar-refractivity contribution in [2.75, 3.05) is 0 Å². The van der Waals surface area contributed by atoms with Crippen LogP contribution in [0, 0.1) is 11.8 Å². The van der Waals surface area contributed by atoms with E-state index in [-0.39, 0.29) is 23.9 Å². The van der Waals surface area contributed by atoms with E-state index in [0.29, 0.717) is 24.7 Å². The first-order valence-electron chi connectivity index (χ1n) is 6.67. The van der Waals surface area contributed by atoms with Crippen LogP contribution >= 0.6 is 0 Å². The molecule has 0 radical (unpaired) electrons. The molecule has 4 heteroatoms. The van der Waals surface area contributed by atoms with E-state index in [1.165, 1.54) is 12.8 Å². The van der Waals surface area contributed by atoms with Crippen LogP contribution in [0.15, 0.2) is 0 Å². The molecule has 0 spiro atoms. The lowest BCUT2D eigenvalue weighted by Crippen LogP contribution is -2.50. The van der Waals surface area contributed by atoms with Crippen LogP contribution in [0.3, 0.4) is 0 Å². The fraction of sp³-hybridized carbons (Fsp3) is 0.846. The summed E-state index contributed by atoms with van der Waals surface area (Å²) < 4.78 is 0. The predicted molar refractivity (Wildman–Crippen MR) is 65.3 cm³/mol. The van der Waals surface area contributed by atoms with E-state index in [9.17, 15) is 9.59 Å². The summed E-state index contributed by atoms with van der Waals surface area (Å²) in [6, 6.07) is -0.0179. The van der Waals surface area contributed by atoms with E-state index in [4.69, 9.17) is 0 Å². The highest BCUT2D eigenvalue weighted by Crippen LogP contribution is 2.29. The Labute approximate surface area is 103 Å². The first-order chi connectivity index (χ1) is 8.08. The van der Waals surface area contributed by atoms with Crippen molar-refractivity contribution in [3.05, 3.63) is 0 Å². The number of amides is 2. The van der Waals surface area contributed by atoms with E-state index in [1.807, 2.05) is 0 Å². The largest absolute Gasteiger partial charge is 0.351 e. The van der Waals surface area contributed by atoms with Gasteiger partial charge in [0.15, 0.2) is 0 Å². The molecule has 0 unspecified atom stereocenters. The van der Waals surface area contributed by atoms with Crippen molar-refractivity contribution >= 4 is 11.8 Å². The van der Waals surface area contributed by atoms with Crippen LogP contribution in [0.1, 0.15) is 46.0 Å². The van der Waals surface area contributed by atoms with E-state index in [1.54, 1.807) is 0 Å². The second-order valence-corrected chi connectivity index (χ2v) is 5.54. The molecule has 4 atom stereocenters. The summed E-state index contributed by atoms with van der Waals surface area (Å²) in [6.07, 6.45) is 4.63. The third kappa shape index (κ3) is 2.79. The van der Waals surface area contributed by atoms with Crippen LogP contribution < -0.4 is 10.6 Å². The second kappa shape index (κ2) is 5.07. The smallest absolute Gasteiger partial charge is 0.242 e. The SMILES string of the molecule is C[C@H]1[C@H](C)CCC[C@@H]1NC(=O)[C@H]1CCC(=O)N1. The maximum absolute atomic E-state index is 12.0. The molecule has 2 N–H and O–H groups in total. The van der Waals surface area contributed by atoms with E-state index in [2.05, 4.69) is 24.5 Å². The van der Waals surface area contributed by atoms with Crippen molar-refractivity contribution < 1.29 is 9.59 Å². The molecule has 1 aliphatic heterocycles. The number of carbonyl (C=O) groups is 2. The second-order valence-electron chi connectivity index (χ2n) is 5.54. The Morgan fingerprint density at radius 3 is 2.71 bits per heavy atom. The van der Waals surface area contributed by atoms with Crippen LogP contribution in [0.5, 0.6) is 0 Å². The summed E-state index contributed by atoms with van der Waals surface area (Å²) in [5.41, 5.74) is 0. The lowest BCUT2D eigenvalue weighted by Gasteiger charge is -2.35. The van der Waals surface area contributed by atoms with Gasteiger partial charge in [0.1, 0.15) is 6.04 Å². The molecule has 1 aliphatic carbocycles. The molecular weight excluding hydrogens is 216 g/mol. The Morgan fingerprint density at radius 1 is 1.29 bits per heavy atom. The molecule has 0 aromatic heterocycles. The molecule has 0 bridgehead atoms. The number of rotatable bonds is 2. The van der Waals surface area contributed by atoms with Crippen molar-refractivity contribution in [3.8, 4) is 0 Å². The van der Waals surface area contributed by atoms with Gasteiger partial charge in [-0.05, 0) is 24.7 Å². The molecule has 2 amide bonds. The topological polar surface area (TPSA) is 58.2 Å². The highest BCUT2D eigenvalue weighted by Gasteiger charge is 2.32. The number of carbonyl (C=O) groups excluding carboxylic acids is 2. The maximum Gasteiger partial charge on any atom is 0.242 e. The molecule has 2 aliphatic rings. The Balaban J connectivity index is 1.87. The number of nitrogens with one attached hydrogen (secondary N) is 2. The average molecular weight is 238 g/mol. The quantitative estimate of drug-likeness (QED) is 0.759. The van der Waals surface area contributed by atoms with Gasteiger partial charge < -0.3 is 10.6 Å². The summed E-state index contributed by atoms with van der Waals surface area (Å²) in [6.45, 7) is 4.46. The molecule has 2 fully saturated rings. The number of hydrogen-bond acceptors (Lipinski definition) is 2. The molecule has 2 rings (SSSR count).